The van der Waals surface area contributed by atoms with Crippen LogP contribution in [0.5, 0.6) is 5.75 Å². The van der Waals surface area contributed by atoms with Gasteiger partial charge in [-0.2, -0.15) is 5.10 Å². The van der Waals surface area contributed by atoms with E-state index in [4.69, 9.17) is 4.74 Å². The van der Waals surface area contributed by atoms with Crippen molar-refractivity contribution in [3.8, 4) is 5.75 Å². The van der Waals surface area contributed by atoms with E-state index in [1.165, 1.54) is 0 Å². The average molecular weight is 343 g/mol. The molecule has 0 radical (unpaired) electrons. The predicted molar refractivity (Wildman–Crippen MR) is 90.7 cm³/mol. The maximum absolute atomic E-state index is 12.8. The summed E-state index contributed by atoms with van der Waals surface area (Å²) in [5.41, 5.74) is 1.96. The van der Waals surface area contributed by atoms with Crippen LogP contribution in [0.3, 0.4) is 0 Å². The standard InChI is InChI=1S/C18H21N3O4/c1-11-13(8-20(2)19-11)17(22)21-9-14(15(10-21)18(23)24)12-6-4-5-7-16(12)25-3/h4-8,14-15H,9-10H2,1-3H3,(H,23,24)/t14-,15+/m0/s1. The number of carbonyl (C=O) groups is 2. The van der Waals surface area contributed by atoms with Gasteiger partial charge in [0.15, 0.2) is 0 Å². The highest BCUT2D eigenvalue weighted by atomic mass is 16.5. The third-order valence-corrected chi connectivity index (χ3v) is 4.71. The van der Waals surface area contributed by atoms with Crippen LogP contribution in [-0.2, 0) is 11.8 Å². The molecule has 2 aromatic rings. The largest absolute Gasteiger partial charge is 0.496 e. The quantitative estimate of drug-likeness (QED) is 0.913. The van der Waals surface area contributed by atoms with E-state index in [1.807, 2.05) is 24.3 Å². The summed E-state index contributed by atoms with van der Waals surface area (Å²) in [6.07, 6.45) is 1.67. The van der Waals surface area contributed by atoms with Crippen LogP contribution in [0.4, 0.5) is 0 Å². The fourth-order valence-corrected chi connectivity index (χ4v) is 3.49. The number of rotatable bonds is 4. The molecule has 1 fully saturated rings. The van der Waals surface area contributed by atoms with Crippen molar-refractivity contribution in [2.24, 2.45) is 13.0 Å². The number of hydrogen-bond donors (Lipinski definition) is 1. The third-order valence-electron chi connectivity index (χ3n) is 4.71. The van der Waals surface area contributed by atoms with Gasteiger partial charge in [-0.05, 0) is 18.6 Å². The summed E-state index contributed by atoms with van der Waals surface area (Å²) in [5.74, 6) is -1.43. The Bertz CT molecular complexity index is 814. The summed E-state index contributed by atoms with van der Waals surface area (Å²) in [7, 11) is 3.32. The lowest BCUT2D eigenvalue weighted by atomic mass is 9.88. The summed E-state index contributed by atoms with van der Waals surface area (Å²) in [5, 5.41) is 13.8. The van der Waals surface area contributed by atoms with Gasteiger partial charge in [-0.15, -0.1) is 0 Å². The number of hydrogen-bond acceptors (Lipinski definition) is 4. The molecule has 1 N–H and O–H groups in total. The van der Waals surface area contributed by atoms with E-state index in [-0.39, 0.29) is 18.4 Å². The number of ether oxygens (including phenoxy) is 1. The maximum Gasteiger partial charge on any atom is 0.308 e. The Morgan fingerprint density at radius 1 is 1.28 bits per heavy atom. The molecular formula is C18H21N3O4. The second-order valence-electron chi connectivity index (χ2n) is 6.31. The van der Waals surface area contributed by atoms with Crippen molar-refractivity contribution in [1.82, 2.24) is 14.7 Å². The number of likely N-dealkylation sites (tertiary alicyclic amines) is 1. The van der Waals surface area contributed by atoms with Crippen LogP contribution in [0.25, 0.3) is 0 Å². The van der Waals surface area contributed by atoms with E-state index in [1.54, 1.807) is 36.9 Å². The van der Waals surface area contributed by atoms with Crippen molar-refractivity contribution in [1.29, 1.82) is 0 Å². The van der Waals surface area contributed by atoms with E-state index < -0.39 is 11.9 Å². The number of para-hydroxylation sites is 1. The number of aryl methyl sites for hydroxylation is 2. The number of aliphatic carboxylic acids is 1. The summed E-state index contributed by atoms with van der Waals surface area (Å²) in [6, 6.07) is 7.37. The highest BCUT2D eigenvalue weighted by molar-refractivity contribution is 5.95. The molecule has 7 heteroatoms. The lowest BCUT2D eigenvalue weighted by Gasteiger charge is -2.18. The first-order chi connectivity index (χ1) is 11.9. The molecule has 1 aromatic heterocycles. The minimum atomic E-state index is -0.908. The van der Waals surface area contributed by atoms with Gasteiger partial charge in [0.05, 0.1) is 24.3 Å². The fourth-order valence-electron chi connectivity index (χ4n) is 3.49. The van der Waals surface area contributed by atoms with E-state index in [9.17, 15) is 14.7 Å². The van der Waals surface area contributed by atoms with Crippen LogP contribution in [0.2, 0.25) is 0 Å². The Balaban J connectivity index is 1.92. The molecule has 2 heterocycles. The first kappa shape index (κ1) is 17.0. The highest BCUT2D eigenvalue weighted by Crippen LogP contribution is 2.38. The summed E-state index contributed by atoms with van der Waals surface area (Å²) < 4.78 is 6.97. The van der Waals surface area contributed by atoms with E-state index in [0.717, 1.165) is 5.56 Å². The predicted octanol–water partition coefficient (Wildman–Crippen LogP) is 1.68. The molecule has 0 spiro atoms. The van der Waals surface area contributed by atoms with Crippen molar-refractivity contribution >= 4 is 11.9 Å². The molecule has 1 saturated heterocycles. The smallest absolute Gasteiger partial charge is 0.308 e. The van der Waals surface area contributed by atoms with Gasteiger partial charge >= 0.3 is 5.97 Å². The Labute approximate surface area is 145 Å². The topological polar surface area (TPSA) is 84.7 Å². The second-order valence-corrected chi connectivity index (χ2v) is 6.31. The van der Waals surface area contributed by atoms with Crippen LogP contribution in [0.15, 0.2) is 30.5 Å². The molecule has 1 aromatic carbocycles. The van der Waals surface area contributed by atoms with Gasteiger partial charge in [-0.1, -0.05) is 18.2 Å². The maximum atomic E-state index is 12.8. The number of amides is 1. The molecule has 7 nitrogen and oxygen atoms in total. The van der Waals surface area contributed by atoms with Crippen LogP contribution in [0, 0.1) is 12.8 Å². The van der Waals surface area contributed by atoms with Crippen LogP contribution < -0.4 is 4.74 Å². The van der Waals surface area contributed by atoms with Crippen LogP contribution in [0.1, 0.15) is 27.5 Å². The van der Waals surface area contributed by atoms with Crippen LogP contribution >= 0.6 is 0 Å². The number of carboxylic acids is 1. The minimum absolute atomic E-state index is 0.172. The lowest BCUT2D eigenvalue weighted by molar-refractivity contribution is -0.141. The second kappa shape index (κ2) is 6.58. The first-order valence-corrected chi connectivity index (χ1v) is 8.07. The van der Waals surface area contributed by atoms with Gasteiger partial charge in [0.2, 0.25) is 0 Å². The van der Waals surface area contributed by atoms with E-state index >= 15 is 0 Å². The third kappa shape index (κ3) is 3.09. The molecule has 3 rings (SSSR count). The first-order valence-electron chi connectivity index (χ1n) is 8.07. The molecular weight excluding hydrogens is 322 g/mol. The average Bonchev–Trinajstić information content (AvgIpc) is 3.17. The summed E-state index contributed by atoms with van der Waals surface area (Å²) in [4.78, 5) is 26.2. The van der Waals surface area contributed by atoms with Gasteiger partial charge in [-0.25, -0.2) is 0 Å². The zero-order valence-corrected chi connectivity index (χ0v) is 14.5. The Hall–Kier alpha value is -2.83. The van der Waals surface area contributed by atoms with Crippen molar-refractivity contribution < 1.29 is 19.4 Å². The minimum Gasteiger partial charge on any atom is -0.496 e. The van der Waals surface area contributed by atoms with Crippen LogP contribution in [-0.4, -0.2) is 51.9 Å². The number of methoxy groups -OCH3 is 1. The number of carboxylic acid groups (broad SMARTS) is 1. The zero-order chi connectivity index (χ0) is 18.1. The molecule has 0 aliphatic carbocycles. The van der Waals surface area contributed by atoms with Gasteiger partial charge in [0.25, 0.3) is 5.91 Å². The van der Waals surface area contributed by atoms with Crippen molar-refractivity contribution in [2.45, 2.75) is 12.8 Å². The van der Waals surface area contributed by atoms with Gasteiger partial charge < -0.3 is 14.7 Å². The number of benzene rings is 1. The van der Waals surface area contributed by atoms with Crippen molar-refractivity contribution in [3.63, 3.8) is 0 Å². The Kier molecular flexibility index (Phi) is 4.48. The molecule has 0 bridgehead atoms. The molecule has 132 valence electrons. The fraction of sp³-hybridized carbons (Fsp3) is 0.389. The normalized spacial score (nSPS) is 19.9. The molecule has 0 unspecified atom stereocenters. The van der Waals surface area contributed by atoms with E-state index in [0.29, 0.717) is 23.6 Å². The molecule has 25 heavy (non-hydrogen) atoms. The molecule has 1 amide bonds. The SMILES string of the molecule is COc1ccccc1[C@@H]1CN(C(=O)c2cn(C)nc2C)C[C@H]1C(=O)O. The van der Waals surface area contributed by atoms with Gasteiger partial charge in [0, 0.05) is 32.3 Å². The summed E-state index contributed by atoms with van der Waals surface area (Å²) in [6.45, 7) is 2.28. The zero-order valence-electron chi connectivity index (χ0n) is 14.5. The highest BCUT2D eigenvalue weighted by Gasteiger charge is 2.42. The lowest BCUT2D eigenvalue weighted by Crippen LogP contribution is -2.30. The van der Waals surface area contributed by atoms with Gasteiger partial charge in [0.1, 0.15) is 5.75 Å². The van der Waals surface area contributed by atoms with Gasteiger partial charge in [-0.3, -0.25) is 14.3 Å². The number of carbonyl (C=O) groups excluding carboxylic acids is 1. The molecule has 1 aliphatic heterocycles. The summed E-state index contributed by atoms with van der Waals surface area (Å²) >= 11 is 0. The Morgan fingerprint density at radius 2 is 2.00 bits per heavy atom. The van der Waals surface area contributed by atoms with Crippen molar-refractivity contribution in [3.05, 3.63) is 47.3 Å². The number of aromatic nitrogens is 2. The van der Waals surface area contributed by atoms with Crippen molar-refractivity contribution in [2.75, 3.05) is 20.2 Å². The molecule has 1 aliphatic rings. The number of nitrogens with zero attached hydrogens (tertiary/aromatic N) is 3. The monoisotopic (exact) mass is 343 g/mol. The molecule has 2 atom stereocenters. The van der Waals surface area contributed by atoms with E-state index in [2.05, 4.69) is 5.10 Å². The molecule has 0 saturated carbocycles. The Morgan fingerprint density at radius 3 is 2.60 bits per heavy atom.